The molecule has 6 N–H and O–H groups in total. The molecule has 11 heteroatoms. The monoisotopic (exact) mass is 462 g/mol. The SMILES string of the molecule is CN(CC(N)=O)Cc1cccc(-c2ccc3c(c2)OCCO3)c1.O=C(O)C(O)C(O)C(=O)O. The van der Waals surface area contributed by atoms with Gasteiger partial charge in [0.25, 0.3) is 0 Å². The lowest BCUT2D eigenvalue weighted by molar-refractivity contribution is -0.165. The van der Waals surface area contributed by atoms with Crippen LogP contribution in [0.15, 0.2) is 42.5 Å². The second-order valence-corrected chi connectivity index (χ2v) is 7.26. The Labute approximate surface area is 189 Å². The molecule has 0 bridgehead atoms. The molecule has 1 aliphatic heterocycles. The quantitative estimate of drug-likeness (QED) is 0.356. The summed E-state index contributed by atoms with van der Waals surface area (Å²) in [6, 6.07) is 14.2. The van der Waals surface area contributed by atoms with E-state index in [0.29, 0.717) is 19.8 Å². The Hall–Kier alpha value is -3.67. The minimum Gasteiger partial charge on any atom is -0.486 e. The molecular formula is C22H26N2O9. The van der Waals surface area contributed by atoms with Gasteiger partial charge < -0.3 is 35.6 Å². The van der Waals surface area contributed by atoms with E-state index < -0.39 is 24.1 Å². The normalized spacial score (nSPS) is 13.9. The maximum Gasteiger partial charge on any atom is 0.335 e. The highest BCUT2D eigenvalue weighted by Gasteiger charge is 2.29. The number of amides is 1. The van der Waals surface area contributed by atoms with Gasteiger partial charge in [-0.25, -0.2) is 9.59 Å². The van der Waals surface area contributed by atoms with E-state index in [1.165, 1.54) is 0 Å². The van der Waals surface area contributed by atoms with Crippen LogP contribution in [0.2, 0.25) is 0 Å². The first-order valence-corrected chi connectivity index (χ1v) is 9.86. The minimum absolute atomic E-state index is 0.244. The van der Waals surface area contributed by atoms with Crippen molar-refractivity contribution in [3.05, 3.63) is 48.0 Å². The van der Waals surface area contributed by atoms with Gasteiger partial charge in [-0.1, -0.05) is 24.3 Å². The van der Waals surface area contributed by atoms with Crippen molar-refractivity contribution in [2.45, 2.75) is 18.8 Å². The number of rotatable bonds is 8. The highest BCUT2D eigenvalue weighted by molar-refractivity contribution is 5.83. The lowest BCUT2D eigenvalue weighted by Gasteiger charge is -2.19. The van der Waals surface area contributed by atoms with Crippen LogP contribution in [-0.4, -0.2) is 82.2 Å². The lowest BCUT2D eigenvalue weighted by atomic mass is 10.0. The zero-order valence-corrected chi connectivity index (χ0v) is 17.9. The van der Waals surface area contributed by atoms with Crippen LogP contribution < -0.4 is 15.2 Å². The van der Waals surface area contributed by atoms with Crippen LogP contribution in [-0.2, 0) is 20.9 Å². The lowest BCUT2D eigenvalue weighted by Crippen LogP contribution is -2.39. The van der Waals surface area contributed by atoms with Crippen molar-refractivity contribution >= 4 is 17.8 Å². The van der Waals surface area contributed by atoms with Crippen LogP contribution in [0, 0.1) is 0 Å². The Bertz CT molecular complexity index is 978. The van der Waals surface area contributed by atoms with Gasteiger partial charge in [0.05, 0.1) is 6.54 Å². The fourth-order valence-corrected chi connectivity index (χ4v) is 2.98. The molecule has 1 amide bonds. The van der Waals surface area contributed by atoms with Gasteiger partial charge in [-0.05, 0) is 41.9 Å². The van der Waals surface area contributed by atoms with Crippen molar-refractivity contribution in [2.24, 2.45) is 5.73 Å². The summed E-state index contributed by atoms with van der Waals surface area (Å²) in [6.07, 6.45) is -4.53. The average molecular weight is 462 g/mol. The van der Waals surface area contributed by atoms with Crippen molar-refractivity contribution in [1.29, 1.82) is 0 Å². The fraction of sp³-hybridized carbons (Fsp3) is 0.318. The van der Waals surface area contributed by atoms with Gasteiger partial charge in [-0.3, -0.25) is 9.69 Å². The molecule has 2 aromatic rings. The maximum atomic E-state index is 11.0. The van der Waals surface area contributed by atoms with Gasteiger partial charge in [0.2, 0.25) is 5.91 Å². The molecule has 0 spiro atoms. The maximum absolute atomic E-state index is 11.0. The van der Waals surface area contributed by atoms with Crippen molar-refractivity contribution in [3.63, 3.8) is 0 Å². The molecule has 2 aromatic carbocycles. The molecule has 178 valence electrons. The molecule has 11 nitrogen and oxygen atoms in total. The van der Waals surface area contributed by atoms with Crippen molar-refractivity contribution in [1.82, 2.24) is 4.90 Å². The minimum atomic E-state index is -2.27. The van der Waals surface area contributed by atoms with Crippen molar-refractivity contribution in [2.75, 3.05) is 26.8 Å². The smallest absolute Gasteiger partial charge is 0.335 e. The highest BCUT2D eigenvalue weighted by atomic mass is 16.6. The van der Waals surface area contributed by atoms with Crippen molar-refractivity contribution < 1.29 is 44.3 Å². The highest BCUT2D eigenvalue weighted by Crippen LogP contribution is 2.34. The van der Waals surface area contributed by atoms with E-state index >= 15 is 0 Å². The second kappa shape index (κ2) is 11.8. The Morgan fingerprint density at radius 2 is 1.52 bits per heavy atom. The standard InChI is InChI=1S/C18H20N2O3.C4H6O6/c1-20(12-18(19)21)11-13-3-2-4-14(9-13)15-5-6-16-17(10-15)23-8-7-22-16;5-1(3(7)8)2(6)4(9)10/h2-6,9-10H,7-8,11-12H2,1H3,(H2,19,21);1-2,5-6H,(H,7,8)(H,9,10). The number of nitrogens with zero attached hydrogens (tertiary/aromatic N) is 1. The molecule has 0 aliphatic carbocycles. The van der Waals surface area contributed by atoms with Crippen LogP contribution in [0.4, 0.5) is 0 Å². The van der Waals surface area contributed by atoms with E-state index in [4.69, 9.17) is 35.6 Å². The number of carbonyl (C=O) groups excluding carboxylic acids is 1. The number of aliphatic carboxylic acids is 2. The molecule has 0 radical (unpaired) electrons. The molecule has 1 aliphatic rings. The molecule has 0 saturated carbocycles. The number of nitrogens with two attached hydrogens (primary N) is 1. The number of carbonyl (C=O) groups is 3. The molecule has 2 unspecified atom stereocenters. The van der Waals surface area contributed by atoms with E-state index in [2.05, 4.69) is 12.1 Å². The van der Waals surface area contributed by atoms with Gasteiger partial charge in [0, 0.05) is 6.54 Å². The van der Waals surface area contributed by atoms with Crippen LogP contribution >= 0.6 is 0 Å². The predicted octanol–water partition coefficient (Wildman–Crippen LogP) is -0.0807. The number of aliphatic hydroxyl groups is 2. The summed E-state index contributed by atoms with van der Waals surface area (Å²) in [4.78, 5) is 32.4. The third-order valence-corrected chi connectivity index (χ3v) is 4.49. The summed E-state index contributed by atoms with van der Waals surface area (Å²) in [5.41, 5.74) is 8.53. The Morgan fingerprint density at radius 1 is 0.939 bits per heavy atom. The number of carboxylic acids is 2. The molecule has 0 aromatic heterocycles. The molecule has 0 saturated heterocycles. The van der Waals surface area contributed by atoms with Gasteiger partial charge in [-0.15, -0.1) is 0 Å². The van der Waals surface area contributed by atoms with Crippen LogP contribution in [0.25, 0.3) is 11.1 Å². The number of likely N-dealkylation sites (N-methyl/N-ethyl adjacent to an activating group) is 1. The Morgan fingerprint density at radius 3 is 2.09 bits per heavy atom. The number of aliphatic hydroxyl groups excluding tert-OH is 2. The van der Waals surface area contributed by atoms with Crippen LogP contribution in [0.3, 0.4) is 0 Å². The summed E-state index contributed by atoms with van der Waals surface area (Å²) < 4.78 is 11.2. The Kier molecular flexibility index (Phi) is 9.16. The van der Waals surface area contributed by atoms with E-state index in [9.17, 15) is 14.4 Å². The summed E-state index contributed by atoms with van der Waals surface area (Å²) in [5, 5.41) is 32.5. The second-order valence-electron chi connectivity index (χ2n) is 7.26. The van der Waals surface area contributed by atoms with E-state index in [-0.39, 0.29) is 12.5 Å². The molecule has 3 rings (SSSR count). The van der Waals surface area contributed by atoms with E-state index in [1.807, 2.05) is 42.3 Å². The van der Waals surface area contributed by atoms with Crippen LogP contribution in [0.5, 0.6) is 11.5 Å². The number of ether oxygens (including phenoxy) is 2. The molecular weight excluding hydrogens is 436 g/mol. The van der Waals surface area contributed by atoms with Gasteiger partial charge in [0.15, 0.2) is 23.7 Å². The first-order valence-electron chi connectivity index (χ1n) is 9.86. The van der Waals surface area contributed by atoms with E-state index in [0.717, 1.165) is 28.2 Å². The number of primary amides is 1. The summed E-state index contributed by atoms with van der Waals surface area (Å²) in [6.45, 7) is 2.08. The number of benzene rings is 2. The molecule has 0 fully saturated rings. The van der Waals surface area contributed by atoms with Gasteiger partial charge >= 0.3 is 11.9 Å². The number of fused-ring (bicyclic) bond motifs is 1. The number of hydrogen-bond acceptors (Lipinski definition) is 8. The fourth-order valence-electron chi connectivity index (χ4n) is 2.98. The summed E-state index contributed by atoms with van der Waals surface area (Å²) in [5.74, 6) is -2.29. The predicted molar refractivity (Wildman–Crippen MR) is 116 cm³/mol. The van der Waals surface area contributed by atoms with E-state index in [1.54, 1.807) is 0 Å². The third kappa shape index (κ3) is 7.75. The number of carboxylic acid groups (broad SMARTS) is 2. The largest absolute Gasteiger partial charge is 0.486 e. The Balaban J connectivity index is 0.000000328. The first kappa shape index (κ1) is 25.6. The topological polar surface area (TPSA) is 180 Å². The van der Waals surface area contributed by atoms with Crippen LogP contribution in [0.1, 0.15) is 5.56 Å². The van der Waals surface area contributed by atoms with Crippen molar-refractivity contribution in [3.8, 4) is 22.6 Å². The zero-order valence-electron chi connectivity index (χ0n) is 17.9. The third-order valence-electron chi connectivity index (χ3n) is 4.49. The number of hydrogen-bond donors (Lipinski definition) is 5. The first-order chi connectivity index (χ1) is 15.6. The summed E-state index contributed by atoms with van der Waals surface area (Å²) in [7, 11) is 1.88. The summed E-state index contributed by atoms with van der Waals surface area (Å²) >= 11 is 0. The van der Waals surface area contributed by atoms with Gasteiger partial charge in [-0.2, -0.15) is 0 Å². The molecule has 33 heavy (non-hydrogen) atoms. The zero-order chi connectivity index (χ0) is 24.5. The molecule has 1 heterocycles. The van der Waals surface area contributed by atoms with Gasteiger partial charge in [0.1, 0.15) is 13.2 Å². The average Bonchev–Trinajstić information content (AvgIpc) is 2.77. The molecule has 2 atom stereocenters.